The first-order valence-electron chi connectivity index (χ1n) is 10.0. The van der Waals surface area contributed by atoms with Crippen LogP contribution in [0.3, 0.4) is 0 Å². The Morgan fingerprint density at radius 1 is 1.17 bits per heavy atom. The maximum atomic E-state index is 13.2. The third-order valence-corrected chi connectivity index (χ3v) is 5.32. The molecule has 1 aliphatic heterocycles. The van der Waals surface area contributed by atoms with Crippen molar-refractivity contribution in [1.82, 2.24) is 10.6 Å². The molecule has 2 aromatic rings. The van der Waals surface area contributed by atoms with Crippen LogP contribution in [0, 0.1) is 18.7 Å². The van der Waals surface area contributed by atoms with Gasteiger partial charge in [-0.1, -0.05) is 36.4 Å². The molecule has 0 spiro atoms. The SMILES string of the molecule is CN=C(NCCc1ccc(F)cc1C)NCC1CCCOC1c1ccccc1.I. The number of nitrogens with zero attached hydrogens (tertiary/aromatic N) is 1. The fourth-order valence-corrected chi connectivity index (χ4v) is 3.77. The third-order valence-electron chi connectivity index (χ3n) is 5.32. The quantitative estimate of drug-likeness (QED) is 0.338. The molecule has 1 saturated heterocycles. The zero-order valence-electron chi connectivity index (χ0n) is 17.2. The second-order valence-corrected chi connectivity index (χ2v) is 7.31. The summed E-state index contributed by atoms with van der Waals surface area (Å²) in [5.74, 6) is 1.01. The van der Waals surface area contributed by atoms with E-state index in [1.54, 1.807) is 13.1 Å². The molecule has 1 fully saturated rings. The number of benzene rings is 2. The third kappa shape index (κ3) is 6.96. The van der Waals surface area contributed by atoms with Crippen LogP contribution in [-0.4, -0.2) is 32.7 Å². The van der Waals surface area contributed by atoms with E-state index in [9.17, 15) is 4.39 Å². The first-order valence-corrected chi connectivity index (χ1v) is 10.0. The van der Waals surface area contributed by atoms with Gasteiger partial charge in [0.15, 0.2) is 5.96 Å². The van der Waals surface area contributed by atoms with Gasteiger partial charge in [-0.3, -0.25) is 4.99 Å². The topological polar surface area (TPSA) is 45.7 Å². The van der Waals surface area contributed by atoms with Crippen LogP contribution in [0.25, 0.3) is 0 Å². The van der Waals surface area contributed by atoms with Crippen molar-refractivity contribution in [3.63, 3.8) is 0 Å². The number of aryl methyl sites for hydroxylation is 1. The Hall–Kier alpha value is -1.67. The molecule has 29 heavy (non-hydrogen) atoms. The molecular formula is C23H31FIN3O. The first kappa shape index (κ1) is 23.6. The predicted octanol–water partition coefficient (Wildman–Crippen LogP) is 4.63. The number of hydrogen-bond acceptors (Lipinski definition) is 2. The fraction of sp³-hybridized carbons (Fsp3) is 0.435. The smallest absolute Gasteiger partial charge is 0.190 e. The highest BCUT2D eigenvalue weighted by molar-refractivity contribution is 14.0. The lowest BCUT2D eigenvalue weighted by atomic mass is 9.89. The second kappa shape index (κ2) is 12.1. The van der Waals surface area contributed by atoms with Gasteiger partial charge in [0.05, 0.1) is 6.10 Å². The zero-order chi connectivity index (χ0) is 19.8. The molecule has 2 atom stereocenters. The lowest BCUT2D eigenvalue weighted by Gasteiger charge is -2.32. The van der Waals surface area contributed by atoms with Crippen LogP contribution in [0.15, 0.2) is 53.5 Å². The highest BCUT2D eigenvalue weighted by Gasteiger charge is 2.27. The highest BCUT2D eigenvalue weighted by atomic mass is 127. The Labute approximate surface area is 190 Å². The van der Waals surface area contributed by atoms with E-state index in [1.807, 2.05) is 19.1 Å². The van der Waals surface area contributed by atoms with Crippen LogP contribution in [0.5, 0.6) is 0 Å². The molecule has 3 rings (SSSR count). The maximum absolute atomic E-state index is 13.2. The zero-order valence-corrected chi connectivity index (χ0v) is 19.5. The van der Waals surface area contributed by atoms with Crippen molar-refractivity contribution in [1.29, 1.82) is 0 Å². The van der Waals surface area contributed by atoms with Crippen LogP contribution in [0.1, 0.15) is 35.6 Å². The lowest BCUT2D eigenvalue weighted by Crippen LogP contribution is -2.42. The Balaban J connectivity index is 0.00000300. The van der Waals surface area contributed by atoms with Crippen molar-refractivity contribution < 1.29 is 9.13 Å². The summed E-state index contributed by atoms with van der Waals surface area (Å²) >= 11 is 0. The molecule has 2 aromatic carbocycles. The van der Waals surface area contributed by atoms with E-state index in [2.05, 4.69) is 39.9 Å². The summed E-state index contributed by atoms with van der Waals surface area (Å²) in [6.45, 7) is 4.32. The summed E-state index contributed by atoms with van der Waals surface area (Å²) in [5.41, 5.74) is 3.37. The minimum absolute atomic E-state index is 0. The van der Waals surface area contributed by atoms with Gasteiger partial charge in [0.2, 0.25) is 0 Å². The maximum Gasteiger partial charge on any atom is 0.190 e. The summed E-state index contributed by atoms with van der Waals surface area (Å²) in [5, 5.41) is 6.81. The average Bonchev–Trinajstić information content (AvgIpc) is 2.73. The molecule has 6 heteroatoms. The molecule has 4 nitrogen and oxygen atoms in total. The van der Waals surface area contributed by atoms with Gasteiger partial charge in [0, 0.05) is 32.7 Å². The molecule has 2 N–H and O–H groups in total. The molecule has 0 aliphatic carbocycles. The molecule has 0 radical (unpaired) electrons. The van der Waals surface area contributed by atoms with E-state index < -0.39 is 0 Å². The van der Waals surface area contributed by atoms with Crippen molar-refractivity contribution in [3.8, 4) is 0 Å². The van der Waals surface area contributed by atoms with Crippen molar-refractivity contribution in [2.75, 3.05) is 26.7 Å². The molecule has 1 aliphatic rings. The van der Waals surface area contributed by atoms with Gasteiger partial charge in [0.25, 0.3) is 0 Å². The Morgan fingerprint density at radius 3 is 2.69 bits per heavy atom. The van der Waals surface area contributed by atoms with E-state index >= 15 is 0 Å². The molecule has 2 unspecified atom stereocenters. The van der Waals surface area contributed by atoms with Gasteiger partial charge in [-0.05, 0) is 55.0 Å². The van der Waals surface area contributed by atoms with E-state index in [1.165, 1.54) is 11.6 Å². The van der Waals surface area contributed by atoms with Crippen molar-refractivity contribution in [3.05, 3.63) is 71.0 Å². The normalized spacial score (nSPS) is 19.3. The van der Waals surface area contributed by atoms with Gasteiger partial charge in [0.1, 0.15) is 5.82 Å². The lowest BCUT2D eigenvalue weighted by molar-refractivity contribution is -0.0265. The highest BCUT2D eigenvalue weighted by Crippen LogP contribution is 2.33. The number of aliphatic imine (C=N–C) groups is 1. The molecule has 0 amide bonds. The summed E-state index contributed by atoms with van der Waals surface area (Å²) in [6.07, 6.45) is 3.18. The first-order chi connectivity index (χ1) is 13.7. The summed E-state index contributed by atoms with van der Waals surface area (Å²) < 4.78 is 19.3. The van der Waals surface area contributed by atoms with Gasteiger partial charge in [-0.2, -0.15) is 0 Å². The van der Waals surface area contributed by atoms with Crippen molar-refractivity contribution >= 4 is 29.9 Å². The second-order valence-electron chi connectivity index (χ2n) is 7.31. The van der Waals surface area contributed by atoms with Crippen LogP contribution in [0.4, 0.5) is 4.39 Å². The summed E-state index contributed by atoms with van der Waals surface area (Å²) in [4.78, 5) is 4.33. The van der Waals surface area contributed by atoms with Crippen molar-refractivity contribution in [2.45, 2.75) is 32.3 Å². The monoisotopic (exact) mass is 511 g/mol. The van der Waals surface area contributed by atoms with Gasteiger partial charge in [-0.25, -0.2) is 4.39 Å². The fourth-order valence-electron chi connectivity index (χ4n) is 3.77. The van der Waals surface area contributed by atoms with Gasteiger partial charge < -0.3 is 15.4 Å². The minimum atomic E-state index is -0.186. The number of guanidine groups is 1. The molecule has 0 aromatic heterocycles. The molecule has 0 bridgehead atoms. The van der Waals surface area contributed by atoms with E-state index in [-0.39, 0.29) is 35.9 Å². The van der Waals surface area contributed by atoms with Crippen LogP contribution < -0.4 is 10.6 Å². The molecule has 0 saturated carbocycles. The summed E-state index contributed by atoms with van der Waals surface area (Å²) in [7, 11) is 1.78. The average molecular weight is 511 g/mol. The number of ether oxygens (including phenoxy) is 1. The van der Waals surface area contributed by atoms with Crippen LogP contribution >= 0.6 is 24.0 Å². The minimum Gasteiger partial charge on any atom is -0.373 e. The van der Waals surface area contributed by atoms with Gasteiger partial charge in [-0.15, -0.1) is 24.0 Å². The summed E-state index contributed by atoms with van der Waals surface area (Å²) in [6, 6.07) is 15.4. The van der Waals surface area contributed by atoms with E-state index in [0.717, 1.165) is 56.0 Å². The Morgan fingerprint density at radius 2 is 1.97 bits per heavy atom. The van der Waals surface area contributed by atoms with E-state index in [4.69, 9.17) is 4.74 Å². The number of nitrogens with one attached hydrogen (secondary N) is 2. The van der Waals surface area contributed by atoms with E-state index in [0.29, 0.717) is 5.92 Å². The number of halogens is 2. The van der Waals surface area contributed by atoms with Crippen molar-refractivity contribution in [2.24, 2.45) is 10.9 Å². The number of rotatable bonds is 6. The standard InChI is InChI=1S/C23H30FN3O.HI/c1-17-15-21(24)11-10-18(17)12-13-26-23(25-2)27-16-20-9-6-14-28-22(20)19-7-4-3-5-8-19;/h3-5,7-8,10-11,15,20,22H,6,9,12-14,16H2,1-2H3,(H2,25,26,27);1H. The Bertz CT molecular complexity index is 785. The molecular weight excluding hydrogens is 480 g/mol. The molecule has 1 heterocycles. The number of hydrogen-bond donors (Lipinski definition) is 2. The largest absolute Gasteiger partial charge is 0.373 e. The predicted molar refractivity (Wildman–Crippen MR) is 127 cm³/mol. The van der Waals surface area contributed by atoms with Gasteiger partial charge >= 0.3 is 0 Å². The van der Waals surface area contributed by atoms with Crippen LogP contribution in [-0.2, 0) is 11.2 Å². The Kier molecular flexibility index (Phi) is 9.87. The molecule has 158 valence electrons. The van der Waals surface area contributed by atoms with Crippen LogP contribution in [0.2, 0.25) is 0 Å².